The zero-order chi connectivity index (χ0) is 19.6. The van der Waals surface area contributed by atoms with Gasteiger partial charge in [-0.25, -0.2) is 4.98 Å². The first-order valence-electron chi connectivity index (χ1n) is 9.08. The molecule has 5 nitrogen and oxygen atoms in total. The number of hydrogen-bond donors (Lipinski definition) is 1. The summed E-state index contributed by atoms with van der Waals surface area (Å²) in [7, 11) is 1.89. The minimum absolute atomic E-state index is 0.0257. The maximum atomic E-state index is 12.2. The SMILES string of the molecule is Cc1nn(C)cc1CCC(=O)Nc1nc(-c2ccc(C(C)(C)C)cc2)cs1. The minimum Gasteiger partial charge on any atom is -0.302 e. The molecular weight excluding hydrogens is 356 g/mol. The van der Waals surface area contributed by atoms with Crippen LogP contribution in [0.15, 0.2) is 35.8 Å². The summed E-state index contributed by atoms with van der Waals surface area (Å²) in [6, 6.07) is 8.46. The maximum absolute atomic E-state index is 12.2. The molecule has 0 saturated heterocycles. The van der Waals surface area contributed by atoms with Crippen LogP contribution in [0.4, 0.5) is 5.13 Å². The Kier molecular flexibility index (Phi) is 5.46. The Hall–Kier alpha value is -2.47. The van der Waals surface area contributed by atoms with E-state index in [-0.39, 0.29) is 11.3 Å². The summed E-state index contributed by atoms with van der Waals surface area (Å²) in [4.78, 5) is 16.8. The van der Waals surface area contributed by atoms with Crippen molar-refractivity contribution < 1.29 is 4.79 Å². The molecule has 1 N–H and O–H groups in total. The molecule has 0 spiro atoms. The van der Waals surface area contributed by atoms with Crippen LogP contribution in [0.5, 0.6) is 0 Å². The first-order chi connectivity index (χ1) is 12.7. The highest BCUT2D eigenvalue weighted by Crippen LogP contribution is 2.28. The number of amides is 1. The van der Waals surface area contributed by atoms with E-state index in [0.717, 1.165) is 22.5 Å². The number of thiazole rings is 1. The normalized spacial score (nSPS) is 11.6. The second-order valence-corrected chi connectivity index (χ2v) is 8.68. The van der Waals surface area contributed by atoms with Crippen molar-refractivity contribution in [3.8, 4) is 11.3 Å². The summed E-state index contributed by atoms with van der Waals surface area (Å²) in [5.41, 5.74) is 5.45. The van der Waals surface area contributed by atoms with Gasteiger partial charge in [0.25, 0.3) is 0 Å². The van der Waals surface area contributed by atoms with E-state index in [4.69, 9.17) is 0 Å². The number of nitrogens with one attached hydrogen (secondary N) is 1. The smallest absolute Gasteiger partial charge is 0.226 e. The van der Waals surface area contributed by atoms with E-state index in [0.29, 0.717) is 18.0 Å². The van der Waals surface area contributed by atoms with Crippen molar-refractivity contribution in [3.63, 3.8) is 0 Å². The maximum Gasteiger partial charge on any atom is 0.226 e. The highest BCUT2D eigenvalue weighted by Gasteiger charge is 2.14. The van der Waals surface area contributed by atoms with Crippen molar-refractivity contribution in [1.82, 2.24) is 14.8 Å². The number of carbonyl (C=O) groups is 1. The summed E-state index contributed by atoms with van der Waals surface area (Å²) in [6.07, 6.45) is 3.06. The number of benzene rings is 1. The molecule has 0 atom stereocenters. The number of carbonyl (C=O) groups excluding carboxylic acids is 1. The van der Waals surface area contributed by atoms with Crippen LogP contribution in [0.25, 0.3) is 11.3 Å². The van der Waals surface area contributed by atoms with E-state index in [1.807, 2.05) is 25.5 Å². The van der Waals surface area contributed by atoms with Crippen LogP contribution in [0.3, 0.4) is 0 Å². The molecule has 1 aromatic carbocycles. The average molecular weight is 383 g/mol. The van der Waals surface area contributed by atoms with Gasteiger partial charge in [-0.05, 0) is 29.9 Å². The Morgan fingerprint density at radius 1 is 1.22 bits per heavy atom. The number of nitrogens with zero attached hydrogens (tertiary/aromatic N) is 3. The molecule has 6 heteroatoms. The standard InChI is InChI=1S/C21H26N4OS/c1-14-16(12-25(5)24-14)8-11-19(26)23-20-22-18(13-27-20)15-6-9-17(10-7-15)21(2,3)4/h6-7,9-10,12-13H,8,11H2,1-5H3,(H,22,23,26). The van der Waals surface area contributed by atoms with Crippen molar-refractivity contribution in [1.29, 1.82) is 0 Å². The number of anilines is 1. The highest BCUT2D eigenvalue weighted by atomic mass is 32.1. The predicted molar refractivity (Wildman–Crippen MR) is 111 cm³/mol. The Morgan fingerprint density at radius 3 is 2.52 bits per heavy atom. The number of rotatable bonds is 5. The van der Waals surface area contributed by atoms with Crippen molar-refractivity contribution >= 4 is 22.4 Å². The first kappa shape index (κ1) is 19.3. The van der Waals surface area contributed by atoms with Gasteiger partial charge in [-0.3, -0.25) is 9.48 Å². The predicted octanol–water partition coefficient (Wildman–Crippen LogP) is 4.72. The van der Waals surface area contributed by atoms with E-state index < -0.39 is 0 Å². The Morgan fingerprint density at radius 2 is 1.93 bits per heavy atom. The second-order valence-electron chi connectivity index (χ2n) is 7.83. The Bertz CT molecular complexity index is 932. The molecule has 0 aliphatic heterocycles. The molecule has 0 aliphatic rings. The van der Waals surface area contributed by atoms with Crippen molar-refractivity contribution in [2.24, 2.45) is 7.05 Å². The number of aryl methyl sites for hydroxylation is 3. The third-order valence-electron chi connectivity index (χ3n) is 4.53. The van der Waals surface area contributed by atoms with Crippen molar-refractivity contribution in [2.45, 2.75) is 46.0 Å². The van der Waals surface area contributed by atoms with Crippen LogP contribution in [0.2, 0.25) is 0 Å². The van der Waals surface area contributed by atoms with Crippen LogP contribution in [0, 0.1) is 6.92 Å². The summed E-state index contributed by atoms with van der Waals surface area (Å²) in [6.45, 7) is 8.56. The van der Waals surface area contributed by atoms with Crippen molar-refractivity contribution in [3.05, 3.63) is 52.7 Å². The number of hydrogen-bond acceptors (Lipinski definition) is 4. The van der Waals surface area contributed by atoms with E-state index in [1.165, 1.54) is 16.9 Å². The van der Waals surface area contributed by atoms with Crippen molar-refractivity contribution in [2.75, 3.05) is 5.32 Å². The first-order valence-corrected chi connectivity index (χ1v) is 9.96. The molecule has 0 aliphatic carbocycles. The summed E-state index contributed by atoms with van der Waals surface area (Å²) >= 11 is 1.45. The van der Waals surface area contributed by atoms with Gasteiger partial charge in [0.15, 0.2) is 5.13 Å². The zero-order valence-corrected chi connectivity index (χ0v) is 17.4. The monoisotopic (exact) mass is 382 g/mol. The molecule has 0 unspecified atom stereocenters. The molecule has 0 bridgehead atoms. The van der Waals surface area contributed by atoms with Crippen LogP contribution in [0.1, 0.15) is 44.0 Å². The zero-order valence-electron chi connectivity index (χ0n) is 16.5. The van der Waals surface area contributed by atoms with E-state index in [9.17, 15) is 4.79 Å². The van der Waals surface area contributed by atoms with Gasteiger partial charge in [-0.1, -0.05) is 45.0 Å². The second kappa shape index (κ2) is 7.64. The largest absolute Gasteiger partial charge is 0.302 e. The van der Waals surface area contributed by atoms with Crippen LogP contribution >= 0.6 is 11.3 Å². The van der Waals surface area contributed by atoms with Gasteiger partial charge in [-0.15, -0.1) is 11.3 Å². The van der Waals surface area contributed by atoms with Gasteiger partial charge >= 0.3 is 0 Å². The molecule has 0 fully saturated rings. The Balaban J connectivity index is 1.60. The van der Waals surface area contributed by atoms with Crippen LogP contribution in [-0.2, 0) is 23.7 Å². The summed E-state index contributed by atoms with van der Waals surface area (Å²) < 4.78 is 1.78. The molecule has 142 valence electrons. The lowest BCUT2D eigenvalue weighted by molar-refractivity contribution is -0.116. The fourth-order valence-electron chi connectivity index (χ4n) is 2.93. The van der Waals surface area contributed by atoms with Crippen LogP contribution < -0.4 is 5.32 Å². The third kappa shape index (κ3) is 4.83. The number of aromatic nitrogens is 3. The molecule has 3 aromatic rings. The molecule has 3 rings (SSSR count). The van der Waals surface area contributed by atoms with E-state index >= 15 is 0 Å². The van der Waals surface area contributed by atoms with Gasteiger partial charge in [0.2, 0.25) is 5.91 Å². The molecule has 0 radical (unpaired) electrons. The summed E-state index contributed by atoms with van der Waals surface area (Å²) in [5.74, 6) is -0.0257. The lowest BCUT2D eigenvalue weighted by Crippen LogP contribution is -2.12. The van der Waals surface area contributed by atoms with Gasteiger partial charge in [0.05, 0.1) is 11.4 Å². The average Bonchev–Trinajstić information content (AvgIpc) is 3.18. The van der Waals surface area contributed by atoms with Gasteiger partial charge < -0.3 is 5.32 Å². The van der Waals surface area contributed by atoms with Gasteiger partial charge in [0.1, 0.15) is 0 Å². The summed E-state index contributed by atoms with van der Waals surface area (Å²) in [5, 5.41) is 9.83. The minimum atomic E-state index is -0.0257. The molecule has 27 heavy (non-hydrogen) atoms. The fraction of sp³-hybridized carbons (Fsp3) is 0.381. The van der Waals surface area contributed by atoms with Gasteiger partial charge in [-0.2, -0.15) is 5.10 Å². The molecule has 2 heterocycles. The quantitative estimate of drug-likeness (QED) is 0.694. The fourth-order valence-corrected chi connectivity index (χ4v) is 3.66. The Labute approximate surface area is 164 Å². The lowest BCUT2D eigenvalue weighted by Gasteiger charge is -2.18. The van der Waals surface area contributed by atoms with Gasteiger partial charge in [0, 0.05) is 30.6 Å². The topological polar surface area (TPSA) is 59.8 Å². The third-order valence-corrected chi connectivity index (χ3v) is 5.29. The molecule has 2 aromatic heterocycles. The molecule has 0 saturated carbocycles. The van der Waals surface area contributed by atoms with E-state index in [1.54, 1.807) is 4.68 Å². The molecular formula is C21H26N4OS. The lowest BCUT2D eigenvalue weighted by atomic mass is 9.86. The van der Waals surface area contributed by atoms with Crippen LogP contribution in [-0.4, -0.2) is 20.7 Å². The highest BCUT2D eigenvalue weighted by molar-refractivity contribution is 7.14. The molecule has 1 amide bonds. The van der Waals surface area contributed by atoms with E-state index in [2.05, 4.69) is 60.4 Å².